The molecular formula is C26H23FN4O3S. The molecule has 0 radical (unpaired) electrons. The fourth-order valence-corrected chi connectivity index (χ4v) is 4.82. The second kappa shape index (κ2) is 9.71. The normalized spacial score (nSPS) is 15.9. The SMILES string of the molecule is COc1cccc(-c2noc(C3=C(C)N(CCc4cccs4)C(=O)NC3c3ccc(F)cc3)n2)c1. The Bertz CT molecular complexity index is 1370. The number of nitrogens with one attached hydrogen (secondary N) is 1. The van der Waals surface area contributed by atoms with E-state index in [1.165, 1.54) is 17.0 Å². The number of thiophene rings is 1. The number of allylic oxidation sites excluding steroid dienone is 1. The zero-order chi connectivity index (χ0) is 24.4. The minimum absolute atomic E-state index is 0.232. The number of nitrogens with zero attached hydrogens (tertiary/aromatic N) is 3. The number of carbonyl (C=O) groups is 1. The lowest BCUT2D eigenvalue weighted by Gasteiger charge is -2.35. The van der Waals surface area contributed by atoms with Crippen LogP contribution in [0.25, 0.3) is 17.0 Å². The number of methoxy groups -OCH3 is 1. The lowest BCUT2D eigenvalue weighted by Crippen LogP contribution is -2.46. The summed E-state index contributed by atoms with van der Waals surface area (Å²) in [5.41, 5.74) is 2.84. The molecule has 1 aliphatic rings. The summed E-state index contributed by atoms with van der Waals surface area (Å²) in [6.45, 7) is 2.36. The van der Waals surface area contributed by atoms with Crippen molar-refractivity contribution in [3.8, 4) is 17.1 Å². The number of ether oxygens (including phenoxy) is 1. The maximum atomic E-state index is 13.6. The second-order valence-corrected chi connectivity index (χ2v) is 9.10. The first-order valence-electron chi connectivity index (χ1n) is 11.1. The Morgan fingerprint density at radius 1 is 1.17 bits per heavy atom. The van der Waals surface area contributed by atoms with Crippen molar-refractivity contribution in [2.45, 2.75) is 19.4 Å². The van der Waals surface area contributed by atoms with E-state index in [1.54, 1.807) is 35.5 Å². The summed E-state index contributed by atoms with van der Waals surface area (Å²) in [6, 6.07) is 16.6. The quantitative estimate of drug-likeness (QED) is 0.360. The highest BCUT2D eigenvalue weighted by Crippen LogP contribution is 2.37. The lowest BCUT2D eigenvalue weighted by atomic mass is 9.94. The van der Waals surface area contributed by atoms with Crippen molar-refractivity contribution in [3.05, 3.63) is 93.9 Å². The summed E-state index contributed by atoms with van der Waals surface area (Å²) in [5, 5.41) is 9.24. The lowest BCUT2D eigenvalue weighted by molar-refractivity contribution is 0.205. The molecule has 0 aliphatic carbocycles. The average molecular weight is 491 g/mol. The Hall–Kier alpha value is -3.98. The van der Waals surface area contributed by atoms with Gasteiger partial charge in [0.1, 0.15) is 11.6 Å². The number of halogens is 1. The highest BCUT2D eigenvalue weighted by molar-refractivity contribution is 7.09. The summed E-state index contributed by atoms with van der Waals surface area (Å²) in [7, 11) is 1.59. The standard InChI is InChI=1S/C26H23FN4O3S/c1-16-22(25-29-24(30-34-25)18-5-3-6-20(15-18)33-2)23(17-8-10-19(27)11-9-17)28-26(32)31(16)13-12-21-7-4-14-35-21/h3-11,14-15,23H,12-13H2,1-2H3,(H,28,32). The predicted molar refractivity (Wildman–Crippen MR) is 131 cm³/mol. The molecular weight excluding hydrogens is 467 g/mol. The molecule has 2 aromatic carbocycles. The Morgan fingerprint density at radius 2 is 2.00 bits per heavy atom. The second-order valence-electron chi connectivity index (χ2n) is 8.07. The molecule has 1 unspecified atom stereocenters. The molecule has 0 bridgehead atoms. The van der Waals surface area contributed by atoms with Crippen LogP contribution in [0.3, 0.4) is 0 Å². The number of benzene rings is 2. The van der Waals surface area contributed by atoms with E-state index in [9.17, 15) is 9.18 Å². The molecule has 0 fully saturated rings. The fraction of sp³-hybridized carbons (Fsp3) is 0.192. The van der Waals surface area contributed by atoms with Crippen LogP contribution in [0.1, 0.15) is 29.3 Å². The van der Waals surface area contributed by atoms with E-state index in [0.717, 1.165) is 12.0 Å². The van der Waals surface area contributed by atoms with Gasteiger partial charge in [-0.3, -0.25) is 4.90 Å². The number of hydrogen-bond acceptors (Lipinski definition) is 6. The van der Waals surface area contributed by atoms with Crippen LogP contribution < -0.4 is 10.1 Å². The maximum absolute atomic E-state index is 13.6. The van der Waals surface area contributed by atoms with Gasteiger partial charge in [0.15, 0.2) is 0 Å². The van der Waals surface area contributed by atoms with Crippen LogP contribution in [0.4, 0.5) is 9.18 Å². The Kier molecular flexibility index (Phi) is 6.33. The molecule has 178 valence electrons. The van der Waals surface area contributed by atoms with Crippen molar-refractivity contribution >= 4 is 22.9 Å². The molecule has 0 saturated carbocycles. The van der Waals surface area contributed by atoms with E-state index in [4.69, 9.17) is 9.26 Å². The van der Waals surface area contributed by atoms with Gasteiger partial charge in [0.2, 0.25) is 5.82 Å². The molecule has 3 heterocycles. The van der Waals surface area contributed by atoms with E-state index < -0.39 is 6.04 Å². The molecule has 1 N–H and O–H groups in total. The molecule has 0 saturated heterocycles. The molecule has 1 atom stereocenters. The molecule has 9 heteroatoms. The van der Waals surface area contributed by atoms with E-state index in [1.807, 2.05) is 48.7 Å². The summed E-state index contributed by atoms with van der Waals surface area (Å²) < 4.78 is 24.6. The molecule has 2 amide bonds. The minimum atomic E-state index is -0.570. The van der Waals surface area contributed by atoms with Gasteiger partial charge in [-0.05, 0) is 54.6 Å². The smallest absolute Gasteiger partial charge is 0.322 e. The highest BCUT2D eigenvalue weighted by Gasteiger charge is 2.35. The number of amides is 2. The van der Waals surface area contributed by atoms with Gasteiger partial charge in [0.25, 0.3) is 5.89 Å². The van der Waals surface area contributed by atoms with E-state index in [2.05, 4.69) is 15.5 Å². The van der Waals surface area contributed by atoms with Gasteiger partial charge in [-0.15, -0.1) is 11.3 Å². The first-order valence-corrected chi connectivity index (χ1v) is 12.0. The van der Waals surface area contributed by atoms with Crippen LogP contribution in [-0.4, -0.2) is 34.7 Å². The number of hydrogen-bond donors (Lipinski definition) is 1. The molecule has 1 aliphatic heterocycles. The van der Waals surface area contributed by atoms with Crippen LogP contribution >= 0.6 is 11.3 Å². The maximum Gasteiger partial charge on any atom is 0.322 e. The summed E-state index contributed by atoms with van der Waals surface area (Å²) >= 11 is 1.65. The third-order valence-electron chi connectivity index (χ3n) is 5.95. The predicted octanol–water partition coefficient (Wildman–Crippen LogP) is 5.69. The summed E-state index contributed by atoms with van der Waals surface area (Å²) in [6.07, 6.45) is 0.718. The third kappa shape index (κ3) is 4.67. The van der Waals surface area contributed by atoms with Crippen LogP contribution in [0.15, 0.2) is 76.3 Å². The van der Waals surface area contributed by atoms with Gasteiger partial charge in [0, 0.05) is 22.7 Å². The van der Waals surface area contributed by atoms with Crippen molar-refractivity contribution in [3.63, 3.8) is 0 Å². The van der Waals surface area contributed by atoms with Crippen LogP contribution in [0, 0.1) is 5.82 Å². The van der Waals surface area contributed by atoms with E-state index in [-0.39, 0.29) is 17.7 Å². The van der Waals surface area contributed by atoms with Gasteiger partial charge in [-0.25, -0.2) is 9.18 Å². The van der Waals surface area contributed by atoms with Crippen LogP contribution in [0.5, 0.6) is 5.75 Å². The van der Waals surface area contributed by atoms with Gasteiger partial charge >= 0.3 is 6.03 Å². The van der Waals surface area contributed by atoms with Crippen LogP contribution in [-0.2, 0) is 6.42 Å². The van der Waals surface area contributed by atoms with Crippen molar-refractivity contribution in [1.29, 1.82) is 0 Å². The summed E-state index contributed by atoms with van der Waals surface area (Å²) in [5.74, 6) is 1.02. The first-order chi connectivity index (χ1) is 17.0. The molecule has 2 aromatic heterocycles. The fourth-order valence-electron chi connectivity index (χ4n) is 4.12. The minimum Gasteiger partial charge on any atom is -0.497 e. The van der Waals surface area contributed by atoms with Crippen LogP contribution in [0.2, 0.25) is 0 Å². The zero-order valence-electron chi connectivity index (χ0n) is 19.2. The topological polar surface area (TPSA) is 80.5 Å². The molecule has 5 rings (SSSR count). The number of aromatic nitrogens is 2. The van der Waals surface area contributed by atoms with Crippen molar-refractivity contribution in [2.24, 2.45) is 0 Å². The third-order valence-corrected chi connectivity index (χ3v) is 6.88. The zero-order valence-corrected chi connectivity index (χ0v) is 20.0. The first kappa shape index (κ1) is 22.8. The Balaban J connectivity index is 1.55. The molecule has 4 aromatic rings. The van der Waals surface area contributed by atoms with Gasteiger partial charge < -0.3 is 14.6 Å². The van der Waals surface area contributed by atoms with Crippen molar-refractivity contribution in [2.75, 3.05) is 13.7 Å². The summed E-state index contributed by atoms with van der Waals surface area (Å²) in [4.78, 5) is 20.6. The number of carbonyl (C=O) groups excluding carboxylic acids is 1. The van der Waals surface area contributed by atoms with Crippen molar-refractivity contribution in [1.82, 2.24) is 20.4 Å². The van der Waals surface area contributed by atoms with Crippen molar-refractivity contribution < 1.29 is 18.4 Å². The largest absolute Gasteiger partial charge is 0.497 e. The Labute approximate surface area is 205 Å². The van der Waals surface area contributed by atoms with Gasteiger partial charge in [-0.2, -0.15) is 4.98 Å². The monoisotopic (exact) mass is 490 g/mol. The van der Waals surface area contributed by atoms with Gasteiger partial charge in [-0.1, -0.05) is 35.5 Å². The van der Waals surface area contributed by atoms with E-state index >= 15 is 0 Å². The molecule has 7 nitrogen and oxygen atoms in total. The molecule has 0 spiro atoms. The van der Waals surface area contributed by atoms with Gasteiger partial charge in [0.05, 0.1) is 18.7 Å². The average Bonchev–Trinajstić information content (AvgIpc) is 3.57. The number of rotatable bonds is 7. The molecule has 35 heavy (non-hydrogen) atoms. The number of urea groups is 1. The Morgan fingerprint density at radius 3 is 2.74 bits per heavy atom. The highest BCUT2D eigenvalue weighted by atomic mass is 32.1. The van der Waals surface area contributed by atoms with E-state index in [0.29, 0.717) is 35.0 Å².